The van der Waals surface area contributed by atoms with Crippen LogP contribution in [0.4, 0.5) is 22.7 Å². The Morgan fingerprint density at radius 2 is 0.606 bits per heavy atom. The van der Waals surface area contributed by atoms with Gasteiger partial charge in [-0.25, -0.2) is 0 Å². The van der Waals surface area contributed by atoms with Gasteiger partial charge in [0, 0.05) is 11.4 Å². The zero-order chi connectivity index (χ0) is 47.7. The van der Waals surface area contributed by atoms with Gasteiger partial charge in [-0.1, -0.05) is 119 Å². The van der Waals surface area contributed by atoms with Gasteiger partial charge in [0.25, 0.3) is 0 Å². The van der Waals surface area contributed by atoms with E-state index >= 15 is 0 Å². The quantitative estimate of drug-likeness (QED) is 0.108. The third-order valence-corrected chi connectivity index (χ3v) is 11.2. The number of aliphatic imine (C=N–C) groups is 2. The van der Waals surface area contributed by atoms with Crippen molar-refractivity contribution in [1.29, 1.82) is 0 Å². The molecule has 0 fully saturated rings. The standard InChI is InChI=1S/2C23H29N2.2C6H6Se.2Zn/c2*1-14-9-16(3)22(17(4)10-14)24-20(7)13-21(8)25-23-18(5)11-15(2)12-19(23)6;2*7-6-4-2-1-3-5-6;;/h2*9-13H,1-8H3;2*1-5,7H;;/q2*-1;;;2*+2/p-2/b2*20-13-,25-21?;;;;. The molecule has 6 aromatic carbocycles. The minimum Gasteiger partial charge on any atom is 2.00 e. The van der Waals surface area contributed by atoms with E-state index < -0.39 is 0 Å². The molecule has 6 aromatic rings. The van der Waals surface area contributed by atoms with Crippen LogP contribution in [0, 0.1) is 83.1 Å². The van der Waals surface area contributed by atoms with E-state index in [1.165, 1.54) is 75.7 Å². The minimum absolute atomic E-state index is 0. The largest absolute Gasteiger partial charge is 2.00 e. The van der Waals surface area contributed by atoms with Crippen molar-refractivity contribution in [2.45, 2.75) is 111 Å². The molecule has 0 aliphatic carbocycles. The summed E-state index contributed by atoms with van der Waals surface area (Å²) >= 11 is 5.80. The van der Waals surface area contributed by atoms with Crippen molar-refractivity contribution in [3.8, 4) is 0 Å². The maximum Gasteiger partial charge on any atom is 2.00 e. The summed E-state index contributed by atoms with van der Waals surface area (Å²) < 4.78 is 2.39. The second kappa shape index (κ2) is 29.7. The Bertz CT molecular complexity index is 2350. The van der Waals surface area contributed by atoms with E-state index in [-0.39, 0.29) is 39.0 Å². The molecule has 0 amide bonds. The zero-order valence-electron chi connectivity index (χ0n) is 42.6. The van der Waals surface area contributed by atoms with Gasteiger partial charge in [0.1, 0.15) is 0 Å². The molecular formula is C58H68N4Se2Zn2. The Morgan fingerprint density at radius 1 is 0.379 bits per heavy atom. The Balaban J connectivity index is 0.000000497. The van der Waals surface area contributed by atoms with Crippen LogP contribution in [0.15, 0.2) is 143 Å². The number of aryl methyl sites for hydroxylation is 12. The summed E-state index contributed by atoms with van der Waals surface area (Å²) in [6, 6.07) is 37.6. The van der Waals surface area contributed by atoms with Crippen LogP contribution < -0.4 is 8.92 Å². The van der Waals surface area contributed by atoms with Crippen molar-refractivity contribution in [1.82, 2.24) is 0 Å². The van der Waals surface area contributed by atoms with Gasteiger partial charge in [-0.05, 0) is 119 Å². The molecule has 0 saturated carbocycles. The second-order valence-electron chi connectivity index (χ2n) is 16.9. The van der Waals surface area contributed by atoms with Gasteiger partial charge in [-0.2, -0.15) is 11.4 Å². The predicted molar refractivity (Wildman–Crippen MR) is 285 cm³/mol. The SMILES string of the molecule is CC(/C=C(/C)[N-]c1c(C)cc(C)cc1C)=Nc1c(C)cc(C)cc1C.CC(/C=C(/C)[N-]c1c(C)cc(C)cc1C)=Nc1c(C)cc(C)cc1C.[Se-]c1ccccc1.[Se-]c1ccccc1.[Zn+2].[Zn+2]. The van der Waals surface area contributed by atoms with Crippen molar-refractivity contribution in [2.24, 2.45) is 9.98 Å². The molecule has 0 atom stereocenters. The van der Waals surface area contributed by atoms with Crippen LogP contribution in [0.1, 0.15) is 94.5 Å². The smallest absolute Gasteiger partial charge is 2.00 e. The van der Waals surface area contributed by atoms with E-state index in [2.05, 4.69) is 176 Å². The fourth-order valence-electron chi connectivity index (χ4n) is 7.68. The summed E-state index contributed by atoms with van der Waals surface area (Å²) in [6.45, 7) is 33.6. The van der Waals surface area contributed by atoms with Crippen molar-refractivity contribution in [3.05, 3.63) is 210 Å². The van der Waals surface area contributed by atoms with Gasteiger partial charge in [0.05, 0.1) is 11.4 Å². The first-order chi connectivity index (χ1) is 30.1. The molecule has 66 heavy (non-hydrogen) atoms. The molecule has 0 bridgehead atoms. The molecule has 8 heteroatoms. The number of hydrogen-bond acceptors (Lipinski definition) is 2. The van der Waals surface area contributed by atoms with E-state index in [1.54, 1.807) is 0 Å². The van der Waals surface area contributed by atoms with E-state index in [9.17, 15) is 0 Å². The van der Waals surface area contributed by atoms with Crippen LogP contribution in [0.25, 0.3) is 10.6 Å². The van der Waals surface area contributed by atoms with E-state index in [0.717, 1.165) is 45.6 Å². The average Bonchev–Trinajstić information content (AvgIpc) is 3.19. The summed E-state index contributed by atoms with van der Waals surface area (Å²) in [5.41, 5.74) is 23.0. The van der Waals surface area contributed by atoms with E-state index in [0.29, 0.717) is 0 Å². The first-order valence-electron chi connectivity index (χ1n) is 21.8. The number of rotatable bonds is 8. The zero-order valence-corrected chi connectivity index (χ0v) is 51.9. The summed E-state index contributed by atoms with van der Waals surface area (Å²) in [7, 11) is 0. The number of allylic oxidation sites excluding steroid dienone is 4. The number of hydrogen-bond donors (Lipinski definition) is 0. The van der Waals surface area contributed by atoms with Crippen molar-refractivity contribution in [2.75, 3.05) is 0 Å². The average molecular weight is 1110 g/mol. The first kappa shape index (κ1) is 60.0. The molecule has 0 aliphatic rings. The number of nitrogens with zero attached hydrogens (tertiary/aromatic N) is 4. The second-order valence-corrected chi connectivity index (χ2v) is 18.9. The summed E-state index contributed by atoms with van der Waals surface area (Å²) in [5.74, 6) is 0. The Labute approximate surface area is 441 Å². The van der Waals surface area contributed by atoms with Gasteiger partial charge in [-0.15, -0.1) is 11.4 Å². The van der Waals surface area contributed by atoms with Gasteiger partial charge in [0.2, 0.25) is 0 Å². The fraction of sp³-hybridized carbons (Fsp3) is 0.276. The van der Waals surface area contributed by atoms with Crippen molar-refractivity contribution in [3.63, 3.8) is 0 Å². The summed E-state index contributed by atoms with van der Waals surface area (Å²) in [4.78, 5) is 9.64. The summed E-state index contributed by atoms with van der Waals surface area (Å²) in [5, 5.41) is 9.64. The molecule has 0 radical (unpaired) electrons. The van der Waals surface area contributed by atoms with Crippen LogP contribution in [-0.2, 0) is 39.0 Å². The van der Waals surface area contributed by atoms with E-state index in [1.807, 2.05) is 88.4 Å². The molecule has 4 nitrogen and oxygen atoms in total. The molecule has 0 aliphatic heterocycles. The molecule has 0 spiro atoms. The minimum atomic E-state index is 0. The third kappa shape index (κ3) is 20.9. The first-order valence-corrected chi connectivity index (χ1v) is 23.5. The van der Waals surface area contributed by atoms with Gasteiger partial charge >= 0.3 is 141 Å². The molecule has 0 unspecified atom stereocenters. The monoisotopic (exact) mass is 1110 g/mol. The number of benzene rings is 6. The Hall–Kier alpha value is -3.97. The Morgan fingerprint density at radius 3 is 0.818 bits per heavy atom. The molecular weight excluding hydrogens is 1040 g/mol. The molecule has 0 saturated heterocycles. The van der Waals surface area contributed by atoms with Crippen molar-refractivity contribution >= 4 is 75.1 Å². The molecule has 6 rings (SSSR count). The molecule has 0 aromatic heterocycles. The van der Waals surface area contributed by atoms with Gasteiger partial charge < -0.3 is 10.6 Å². The van der Waals surface area contributed by atoms with Gasteiger partial charge in [0.15, 0.2) is 0 Å². The molecule has 336 valence electrons. The van der Waals surface area contributed by atoms with Crippen LogP contribution >= 0.6 is 0 Å². The van der Waals surface area contributed by atoms with Crippen LogP contribution in [0.5, 0.6) is 0 Å². The normalized spacial score (nSPS) is 11.3. The summed E-state index contributed by atoms with van der Waals surface area (Å²) in [6.07, 6.45) is 4.11. The van der Waals surface area contributed by atoms with Crippen LogP contribution in [0.2, 0.25) is 0 Å². The predicted octanol–water partition coefficient (Wildman–Crippen LogP) is 15.4. The maximum absolute atomic E-state index is 4.82. The maximum atomic E-state index is 4.82. The molecule has 0 heterocycles. The van der Waals surface area contributed by atoms with Crippen LogP contribution in [-0.4, -0.2) is 43.4 Å². The van der Waals surface area contributed by atoms with Crippen LogP contribution in [0.3, 0.4) is 0 Å². The topological polar surface area (TPSA) is 52.9 Å². The van der Waals surface area contributed by atoms with Crippen molar-refractivity contribution < 1.29 is 39.0 Å². The Kier molecular flexibility index (Phi) is 27.0. The fourth-order valence-corrected chi connectivity index (χ4v) is 8.33. The van der Waals surface area contributed by atoms with E-state index in [4.69, 9.17) is 20.6 Å². The third-order valence-electron chi connectivity index (χ3n) is 10.0. The van der Waals surface area contributed by atoms with Gasteiger partial charge in [-0.3, -0.25) is 9.98 Å². The molecule has 0 N–H and O–H groups in total.